The largest absolute Gasteiger partial charge is 0.316 e. The second kappa shape index (κ2) is 4.57. The molecular weight excluding hydrogens is 206 g/mol. The normalized spacial score (nSPS) is 45.2. The van der Waals surface area contributed by atoms with Crippen LogP contribution in [0.2, 0.25) is 0 Å². The average Bonchev–Trinajstić information content (AvgIpc) is 2.27. The lowest BCUT2D eigenvalue weighted by Crippen LogP contribution is -2.55. The minimum absolute atomic E-state index is 0.707. The van der Waals surface area contributed by atoms with Crippen LogP contribution in [0, 0.1) is 23.2 Å². The van der Waals surface area contributed by atoms with Gasteiger partial charge in [-0.3, -0.25) is 0 Å². The molecule has 1 nitrogen and oxygen atoms in total. The topological polar surface area (TPSA) is 12.0 Å². The summed E-state index contributed by atoms with van der Waals surface area (Å²) in [6.45, 7) is 2.33. The van der Waals surface area contributed by atoms with Crippen LogP contribution in [0.1, 0.15) is 64.7 Å². The van der Waals surface area contributed by atoms with Crippen molar-refractivity contribution in [3.63, 3.8) is 0 Å². The summed E-state index contributed by atoms with van der Waals surface area (Å²) in [7, 11) is 2.21. The van der Waals surface area contributed by atoms with Crippen LogP contribution in [-0.2, 0) is 0 Å². The van der Waals surface area contributed by atoms with Gasteiger partial charge in [-0.25, -0.2) is 0 Å². The summed E-state index contributed by atoms with van der Waals surface area (Å²) in [4.78, 5) is 0. The van der Waals surface area contributed by atoms with Crippen molar-refractivity contribution >= 4 is 0 Å². The van der Waals surface area contributed by atoms with E-state index >= 15 is 0 Å². The van der Waals surface area contributed by atoms with Gasteiger partial charge >= 0.3 is 0 Å². The van der Waals surface area contributed by atoms with Gasteiger partial charge < -0.3 is 5.32 Å². The van der Waals surface area contributed by atoms with Crippen LogP contribution < -0.4 is 5.32 Å². The Morgan fingerprint density at radius 2 is 1.59 bits per heavy atom. The van der Waals surface area contributed by atoms with Crippen LogP contribution in [0.5, 0.6) is 0 Å². The van der Waals surface area contributed by atoms with Gasteiger partial charge in [0, 0.05) is 6.04 Å². The molecule has 4 aliphatic rings. The molecule has 0 heterocycles. The minimum atomic E-state index is 0.707. The van der Waals surface area contributed by atoms with Crippen LogP contribution in [-0.4, -0.2) is 13.1 Å². The zero-order valence-corrected chi connectivity index (χ0v) is 11.7. The zero-order chi connectivity index (χ0) is 11.9. The predicted octanol–water partition coefficient (Wildman–Crippen LogP) is 3.98. The molecule has 1 N–H and O–H groups in total. The average molecular weight is 235 g/mol. The first kappa shape index (κ1) is 12.0. The number of hydrogen-bond acceptors (Lipinski definition) is 1. The molecule has 0 spiro atoms. The molecule has 0 radical (unpaired) electrons. The number of unbranched alkanes of at least 4 members (excludes halogenated alkanes) is 1. The molecule has 0 aromatic heterocycles. The smallest absolute Gasteiger partial charge is 0.0121 e. The van der Waals surface area contributed by atoms with Crippen molar-refractivity contribution in [2.24, 2.45) is 23.2 Å². The zero-order valence-electron chi connectivity index (χ0n) is 11.7. The summed E-state index contributed by atoms with van der Waals surface area (Å²) in [5, 5.41) is 3.69. The Morgan fingerprint density at radius 3 is 2.00 bits per heavy atom. The summed E-state index contributed by atoms with van der Waals surface area (Å²) in [5.74, 6) is 3.29. The van der Waals surface area contributed by atoms with E-state index in [0.29, 0.717) is 5.41 Å². The van der Waals surface area contributed by atoms with E-state index in [9.17, 15) is 0 Å². The van der Waals surface area contributed by atoms with E-state index in [2.05, 4.69) is 19.3 Å². The van der Waals surface area contributed by atoms with Crippen molar-refractivity contribution in [3.05, 3.63) is 0 Å². The second-order valence-electron chi connectivity index (χ2n) is 7.26. The Labute approximate surface area is 107 Å². The quantitative estimate of drug-likeness (QED) is 0.760. The molecule has 4 bridgehead atoms. The highest BCUT2D eigenvalue weighted by Gasteiger charge is 2.53. The predicted molar refractivity (Wildman–Crippen MR) is 73.0 cm³/mol. The molecule has 1 atom stereocenters. The monoisotopic (exact) mass is 235 g/mol. The third-order valence-corrected chi connectivity index (χ3v) is 6.02. The van der Waals surface area contributed by atoms with Gasteiger partial charge in [-0.05, 0) is 75.2 Å². The summed E-state index contributed by atoms with van der Waals surface area (Å²) in [6.07, 6.45) is 13.5. The van der Waals surface area contributed by atoms with Crippen LogP contribution in [0.3, 0.4) is 0 Å². The minimum Gasteiger partial charge on any atom is -0.316 e. The van der Waals surface area contributed by atoms with Crippen molar-refractivity contribution in [1.29, 1.82) is 0 Å². The van der Waals surface area contributed by atoms with Crippen molar-refractivity contribution in [1.82, 2.24) is 5.32 Å². The Morgan fingerprint density at radius 1 is 1.06 bits per heavy atom. The molecule has 0 aromatic carbocycles. The van der Waals surface area contributed by atoms with E-state index in [1.807, 2.05) is 0 Å². The van der Waals surface area contributed by atoms with Crippen molar-refractivity contribution < 1.29 is 0 Å². The van der Waals surface area contributed by atoms with Gasteiger partial charge in [0.2, 0.25) is 0 Å². The molecule has 17 heavy (non-hydrogen) atoms. The molecule has 4 aliphatic carbocycles. The molecule has 98 valence electrons. The lowest BCUT2D eigenvalue weighted by molar-refractivity contribution is -0.0742. The second-order valence-corrected chi connectivity index (χ2v) is 7.26. The molecule has 0 aromatic rings. The SMILES string of the molecule is CCCCC(NC)C12CC3CC(CC(C3)C1)C2. The molecule has 4 fully saturated rings. The number of nitrogens with one attached hydrogen (secondary N) is 1. The third-order valence-electron chi connectivity index (χ3n) is 6.02. The molecule has 4 saturated carbocycles. The maximum Gasteiger partial charge on any atom is 0.0121 e. The van der Waals surface area contributed by atoms with Gasteiger partial charge in [-0.2, -0.15) is 0 Å². The van der Waals surface area contributed by atoms with E-state index in [1.165, 1.54) is 19.3 Å². The van der Waals surface area contributed by atoms with Gasteiger partial charge in [0.15, 0.2) is 0 Å². The maximum absolute atomic E-state index is 3.69. The number of hydrogen-bond donors (Lipinski definition) is 1. The van der Waals surface area contributed by atoms with Gasteiger partial charge in [0.1, 0.15) is 0 Å². The lowest BCUT2D eigenvalue weighted by Gasteiger charge is -2.59. The summed E-state index contributed by atoms with van der Waals surface area (Å²) >= 11 is 0. The standard InChI is InChI=1S/C16H29N/c1-3-4-5-15(17-2)16-9-12-6-13(10-16)8-14(7-12)11-16/h12-15,17H,3-11H2,1-2H3. The summed E-state index contributed by atoms with van der Waals surface area (Å²) in [6, 6.07) is 0.816. The number of rotatable bonds is 5. The fraction of sp³-hybridized carbons (Fsp3) is 1.00. The highest BCUT2D eigenvalue weighted by Crippen LogP contribution is 2.61. The van der Waals surface area contributed by atoms with Crippen molar-refractivity contribution in [2.45, 2.75) is 70.8 Å². The first-order chi connectivity index (χ1) is 8.25. The van der Waals surface area contributed by atoms with E-state index in [0.717, 1.165) is 23.8 Å². The van der Waals surface area contributed by atoms with Crippen LogP contribution in [0.15, 0.2) is 0 Å². The first-order valence-corrected chi connectivity index (χ1v) is 7.93. The highest BCUT2D eigenvalue weighted by molar-refractivity contribution is 5.05. The Kier molecular flexibility index (Phi) is 3.23. The molecule has 4 rings (SSSR count). The van der Waals surface area contributed by atoms with Crippen LogP contribution >= 0.6 is 0 Å². The maximum atomic E-state index is 3.69. The first-order valence-electron chi connectivity index (χ1n) is 7.93. The highest BCUT2D eigenvalue weighted by atomic mass is 14.9. The van der Waals surface area contributed by atoms with E-state index in [-0.39, 0.29) is 0 Å². The fourth-order valence-corrected chi connectivity index (χ4v) is 5.77. The third kappa shape index (κ3) is 2.05. The molecule has 1 unspecified atom stereocenters. The van der Waals surface area contributed by atoms with Crippen molar-refractivity contribution in [2.75, 3.05) is 7.05 Å². The fourth-order valence-electron chi connectivity index (χ4n) is 5.77. The molecule has 0 aliphatic heterocycles. The van der Waals surface area contributed by atoms with E-state index in [1.54, 1.807) is 38.5 Å². The molecule has 0 amide bonds. The van der Waals surface area contributed by atoms with Gasteiger partial charge in [0.05, 0.1) is 0 Å². The van der Waals surface area contributed by atoms with Crippen molar-refractivity contribution in [3.8, 4) is 0 Å². The van der Waals surface area contributed by atoms with Crippen LogP contribution in [0.4, 0.5) is 0 Å². The van der Waals surface area contributed by atoms with E-state index in [4.69, 9.17) is 0 Å². The molecule has 1 heteroatoms. The lowest BCUT2D eigenvalue weighted by atomic mass is 9.47. The molecular formula is C16H29N. The summed E-state index contributed by atoms with van der Waals surface area (Å²) in [5.41, 5.74) is 0.707. The Bertz CT molecular complexity index is 235. The Balaban J connectivity index is 1.75. The van der Waals surface area contributed by atoms with Gasteiger partial charge in [-0.1, -0.05) is 19.8 Å². The molecule has 0 saturated heterocycles. The Hall–Kier alpha value is -0.0400. The van der Waals surface area contributed by atoms with Crippen LogP contribution in [0.25, 0.3) is 0 Å². The summed E-state index contributed by atoms with van der Waals surface area (Å²) < 4.78 is 0. The van der Waals surface area contributed by atoms with Gasteiger partial charge in [-0.15, -0.1) is 0 Å². The van der Waals surface area contributed by atoms with Gasteiger partial charge in [0.25, 0.3) is 0 Å². The van der Waals surface area contributed by atoms with E-state index < -0.39 is 0 Å².